The molecule has 0 radical (unpaired) electrons. The van der Waals surface area contributed by atoms with E-state index in [1.54, 1.807) is 25.6 Å². The lowest BCUT2D eigenvalue weighted by Gasteiger charge is -2.26. The first kappa shape index (κ1) is 22.9. The van der Waals surface area contributed by atoms with Crippen LogP contribution in [0.1, 0.15) is 10.4 Å². The quantitative estimate of drug-likeness (QED) is 0.400. The van der Waals surface area contributed by atoms with Crippen molar-refractivity contribution in [2.45, 2.75) is 0 Å². The number of morpholine rings is 1. The maximum absolute atomic E-state index is 13.0. The Balaban J connectivity index is 1.27. The highest BCUT2D eigenvalue weighted by atomic mass is 16.5. The van der Waals surface area contributed by atoms with Crippen LogP contribution in [0.4, 0.5) is 5.69 Å². The van der Waals surface area contributed by atoms with Gasteiger partial charge in [0.15, 0.2) is 0 Å². The van der Waals surface area contributed by atoms with Gasteiger partial charge in [0.2, 0.25) is 0 Å². The third-order valence-electron chi connectivity index (χ3n) is 6.07. The van der Waals surface area contributed by atoms with E-state index in [0.29, 0.717) is 29.3 Å². The number of carbonyl (C=O) groups excluding carboxylic acids is 1. The molecule has 180 valence electrons. The molecule has 0 aliphatic carbocycles. The average molecular weight is 473 g/mol. The number of ether oxygens (including phenoxy) is 3. The third-order valence-corrected chi connectivity index (χ3v) is 6.07. The lowest BCUT2D eigenvalue weighted by atomic mass is 10.1. The Morgan fingerprint density at radius 1 is 1.09 bits per heavy atom. The van der Waals surface area contributed by atoms with Gasteiger partial charge < -0.3 is 24.5 Å². The van der Waals surface area contributed by atoms with E-state index in [9.17, 15) is 4.79 Å². The van der Waals surface area contributed by atoms with E-state index in [4.69, 9.17) is 14.2 Å². The number of rotatable bonds is 8. The Kier molecular flexibility index (Phi) is 6.92. The molecular weight excluding hydrogens is 444 g/mol. The van der Waals surface area contributed by atoms with E-state index < -0.39 is 0 Å². The molecule has 1 aliphatic rings. The number of carbonyl (C=O) groups is 1. The van der Waals surface area contributed by atoms with Crippen molar-refractivity contribution in [3.05, 3.63) is 72.6 Å². The van der Waals surface area contributed by atoms with Crippen LogP contribution in [0.2, 0.25) is 0 Å². The van der Waals surface area contributed by atoms with Gasteiger partial charge in [0.1, 0.15) is 23.8 Å². The van der Waals surface area contributed by atoms with Crippen LogP contribution in [0.5, 0.6) is 11.5 Å². The summed E-state index contributed by atoms with van der Waals surface area (Å²) in [5, 5.41) is 3.69. The molecule has 1 amide bonds. The van der Waals surface area contributed by atoms with E-state index in [1.807, 2.05) is 48.5 Å². The summed E-state index contributed by atoms with van der Waals surface area (Å²) in [6.07, 6.45) is 3.49. The summed E-state index contributed by atoms with van der Waals surface area (Å²) in [7, 11) is 1.60. The van der Waals surface area contributed by atoms with Crippen molar-refractivity contribution in [3.63, 3.8) is 0 Å². The van der Waals surface area contributed by atoms with Crippen molar-refractivity contribution in [2.24, 2.45) is 0 Å². The number of H-pyrrole nitrogens is 1. The predicted octanol–water partition coefficient (Wildman–Crippen LogP) is 4.20. The summed E-state index contributed by atoms with van der Waals surface area (Å²) in [4.78, 5) is 22.9. The molecule has 8 heteroatoms. The van der Waals surface area contributed by atoms with E-state index in [0.717, 1.165) is 55.1 Å². The molecule has 0 bridgehead atoms. The number of benzene rings is 2. The number of anilines is 1. The first-order chi connectivity index (χ1) is 17.2. The van der Waals surface area contributed by atoms with Crippen LogP contribution in [0.3, 0.4) is 0 Å². The first-order valence-electron chi connectivity index (χ1n) is 11.7. The highest BCUT2D eigenvalue weighted by molar-refractivity contribution is 6.12. The Hall–Kier alpha value is -3.88. The molecule has 2 aromatic carbocycles. The minimum Gasteiger partial charge on any atom is -0.497 e. The molecule has 0 saturated carbocycles. The van der Waals surface area contributed by atoms with E-state index in [-0.39, 0.29) is 5.91 Å². The molecule has 4 aromatic rings. The first-order valence-corrected chi connectivity index (χ1v) is 11.7. The average Bonchev–Trinajstić information content (AvgIpc) is 3.33. The second kappa shape index (κ2) is 10.6. The highest BCUT2D eigenvalue weighted by Crippen LogP contribution is 2.27. The van der Waals surface area contributed by atoms with Gasteiger partial charge in [-0.15, -0.1) is 0 Å². The normalized spacial score (nSPS) is 14.1. The zero-order valence-corrected chi connectivity index (χ0v) is 19.6. The summed E-state index contributed by atoms with van der Waals surface area (Å²) in [6, 6.07) is 17.2. The minimum atomic E-state index is -0.215. The van der Waals surface area contributed by atoms with Gasteiger partial charge in [-0.25, -0.2) is 4.98 Å². The summed E-state index contributed by atoms with van der Waals surface area (Å²) in [5.74, 6) is 1.29. The van der Waals surface area contributed by atoms with Gasteiger partial charge in [-0.3, -0.25) is 9.69 Å². The molecular formula is C27H28N4O4. The van der Waals surface area contributed by atoms with Crippen LogP contribution in [0, 0.1) is 0 Å². The molecule has 0 unspecified atom stereocenters. The topological polar surface area (TPSA) is 88.7 Å². The smallest absolute Gasteiger partial charge is 0.257 e. The maximum atomic E-state index is 13.0. The molecule has 1 saturated heterocycles. The molecule has 0 spiro atoms. The van der Waals surface area contributed by atoms with Crippen molar-refractivity contribution in [1.29, 1.82) is 0 Å². The lowest BCUT2D eigenvalue weighted by Crippen LogP contribution is -2.38. The largest absolute Gasteiger partial charge is 0.497 e. The van der Waals surface area contributed by atoms with Crippen LogP contribution < -0.4 is 14.8 Å². The van der Waals surface area contributed by atoms with Gasteiger partial charge >= 0.3 is 0 Å². The van der Waals surface area contributed by atoms with Crippen molar-refractivity contribution < 1.29 is 19.0 Å². The van der Waals surface area contributed by atoms with Crippen molar-refractivity contribution >= 4 is 22.6 Å². The van der Waals surface area contributed by atoms with Crippen molar-refractivity contribution in [3.8, 4) is 22.6 Å². The molecule has 1 fully saturated rings. The van der Waals surface area contributed by atoms with Gasteiger partial charge in [-0.2, -0.15) is 0 Å². The molecule has 35 heavy (non-hydrogen) atoms. The number of fused-ring (bicyclic) bond motifs is 1. The van der Waals surface area contributed by atoms with Gasteiger partial charge in [-0.05, 0) is 35.9 Å². The van der Waals surface area contributed by atoms with Crippen LogP contribution >= 0.6 is 0 Å². The molecule has 2 aromatic heterocycles. The molecule has 2 N–H and O–H groups in total. The second-order valence-electron chi connectivity index (χ2n) is 8.34. The monoisotopic (exact) mass is 472 g/mol. The molecule has 3 heterocycles. The predicted molar refractivity (Wildman–Crippen MR) is 135 cm³/mol. The fraction of sp³-hybridized carbons (Fsp3) is 0.259. The highest BCUT2D eigenvalue weighted by Gasteiger charge is 2.15. The molecule has 0 atom stereocenters. The fourth-order valence-corrected chi connectivity index (χ4v) is 4.11. The van der Waals surface area contributed by atoms with Crippen LogP contribution in [-0.2, 0) is 4.74 Å². The van der Waals surface area contributed by atoms with Gasteiger partial charge in [0, 0.05) is 54.7 Å². The fourth-order valence-electron chi connectivity index (χ4n) is 4.11. The Bertz CT molecular complexity index is 1300. The number of pyridine rings is 1. The molecule has 8 nitrogen and oxygen atoms in total. The van der Waals surface area contributed by atoms with E-state index in [2.05, 4.69) is 20.2 Å². The van der Waals surface area contributed by atoms with E-state index >= 15 is 0 Å². The Labute approximate surface area is 203 Å². The number of methoxy groups -OCH3 is 1. The standard InChI is InChI=1S/C27H28N4O4/c1-33-23-4-2-3-21(16-23)30-27(32)25-18-29-26-24(25)15-20(17-28-26)19-5-7-22(8-6-19)35-14-11-31-9-12-34-13-10-31/h2-8,15-18H,9-14H2,1H3,(H,28,29)(H,30,32). The van der Waals surface area contributed by atoms with Gasteiger partial charge in [0.25, 0.3) is 5.91 Å². The van der Waals surface area contributed by atoms with Crippen LogP contribution in [0.15, 0.2) is 67.0 Å². The van der Waals surface area contributed by atoms with Gasteiger partial charge in [0.05, 0.1) is 25.9 Å². The number of hydrogen-bond acceptors (Lipinski definition) is 6. The van der Waals surface area contributed by atoms with Crippen molar-refractivity contribution in [2.75, 3.05) is 51.9 Å². The number of hydrogen-bond donors (Lipinski definition) is 2. The summed E-state index contributed by atoms with van der Waals surface area (Å²) >= 11 is 0. The Morgan fingerprint density at radius 3 is 2.71 bits per heavy atom. The molecule has 1 aliphatic heterocycles. The number of amides is 1. The second-order valence-corrected chi connectivity index (χ2v) is 8.34. The Morgan fingerprint density at radius 2 is 1.91 bits per heavy atom. The third kappa shape index (κ3) is 5.45. The summed E-state index contributed by atoms with van der Waals surface area (Å²) < 4.78 is 16.5. The summed E-state index contributed by atoms with van der Waals surface area (Å²) in [5.41, 5.74) is 3.78. The zero-order chi connectivity index (χ0) is 24.0. The number of aromatic amines is 1. The lowest BCUT2D eigenvalue weighted by molar-refractivity contribution is 0.0322. The maximum Gasteiger partial charge on any atom is 0.257 e. The van der Waals surface area contributed by atoms with Crippen molar-refractivity contribution in [1.82, 2.24) is 14.9 Å². The number of aromatic nitrogens is 2. The SMILES string of the molecule is COc1cccc(NC(=O)c2c[nH]c3ncc(-c4ccc(OCCN5CCOCC5)cc4)cc23)c1. The number of nitrogens with zero attached hydrogens (tertiary/aromatic N) is 2. The van der Waals surface area contributed by atoms with E-state index in [1.165, 1.54) is 0 Å². The number of nitrogens with one attached hydrogen (secondary N) is 2. The van der Waals surface area contributed by atoms with Crippen LogP contribution in [-0.4, -0.2) is 67.3 Å². The zero-order valence-electron chi connectivity index (χ0n) is 19.6. The van der Waals surface area contributed by atoms with Gasteiger partial charge in [-0.1, -0.05) is 18.2 Å². The summed E-state index contributed by atoms with van der Waals surface area (Å²) in [6.45, 7) is 5.02. The molecule has 5 rings (SSSR count). The minimum absolute atomic E-state index is 0.215. The van der Waals surface area contributed by atoms with Crippen LogP contribution in [0.25, 0.3) is 22.2 Å².